The van der Waals surface area contributed by atoms with Crippen molar-refractivity contribution >= 4 is 11.6 Å². The second kappa shape index (κ2) is 6.63. The molecule has 6 heteroatoms. The van der Waals surface area contributed by atoms with Gasteiger partial charge in [0.1, 0.15) is 5.82 Å². The fraction of sp³-hybridized carbons (Fsp3) is 0.385. The average molecular weight is 283 g/mol. The molecular weight excluding hydrogens is 267 g/mol. The molecule has 2 aromatic rings. The van der Waals surface area contributed by atoms with Crippen molar-refractivity contribution in [2.24, 2.45) is 0 Å². The summed E-state index contributed by atoms with van der Waals surface area (Å²) in [6, 6.07) is 4.88. The first kappa shape index (κ1) is 14.0. The van der Waals surface area contributed by atoms with E-state index < -0.39 is 5.82 Å². The van der Waals surface area contributed by atoms with E-state index in [1.165, 1.54) is 6.07 Å². The molecule has 0 radical (unpaired) electrons. The molecule has 2 N–H and O–H groups in total. The van der Waals surface area contributed by atoms with E-state index in [0.717, 1.165) is 24.2 Å². The van der Waals surface area contributed by atoms with Gasteiger partial charge in [-0.05, 0) is 37.1 Å². The number of H-pyrrole nitrogens is 1. The van der Waals surface area contributed by atoms with Crippen molar-refractivity contribution in [1.29, 1.82) is 0 Å². The highest BCUT2D eigenvalue weighted by atomic mass is 35.5. The van der Waals surface area contributed by atoms with E-state index in [2.05, 4.69) is 27.7 Å². The van der Waals surface area contributed by atoms with Gasteiger partial charge in [0.2, 0.25) is 0 Å². The van der Waals surface area contributed by atoms with Crippen molar-refractivity contribution in [1.82, 2.24) is 20.7 Å². The Hall–Kier alpha value is -1.46. The Labute approximate surface area is 116 Å². The second-order valence-electron chi connectivity index (χ2n) is 4.35. The Bertz CT molecular complexity index is 515. The van der Waals surface area contributed by atoms with E-state index in [-0.39, 0.29) is 11.1 Å². The minimum Gasteiger partial charge on any atom is -0.308 e. The molecular formula is C13H16ClFN4. The van der Waals surface area contributed by atoms with Gasteiger partial charge in [-0.1, -0.05) is 24.6 Å². The number of benzene rings is 1. The summed E-state index contributed by atoms with van der Waals surface area (Å²) in [5.41, 5.74) is 1.70. The summed E-state index contributed by atoms with van der Waals surface area (Å²) in [4.78, 5) is 0. The lowest BCUT2D eigenvalue weighted by Crippen LogP contribution is -2.24. The molecule has 1 atom stereocenters. The zero-order valence-corrected chi connectivity index (χ0v) is 11.4. The van der Waals surface area contributed by atoms with Crippen molar-refractivity contribution in [2.45, 2.75) is 25.8 Å². The summed E-state index contributed by atoms with van der Waals surface area (Å²) in [5, 5.41) is 14.0. The highest BCUT2D eigenvalue weighted by molar-refractivity contribution is 6.30. The highest BCUT2D eigenvalue weighted by Gasteiger charge is 2.15. The Morgan fingerprint density at radius 2 is 2.32 bits per heavy atom. The molecule has 0 bridgehead atoms. The molecule has 0 aliphatic heterocycles. The van der Waals surface area contributed by atoms with Crippen LogP contribution in [-0.4, -0.2) is 22.0 Å². The number of hydrogen-bond donors (Lipinski definition) is 2. The third-order valence-electron chi connectivity index (χ3n) is 2.86. The van der Waals surface area contributed by atoms with Gasteiger partial charge in [-0.3, -0.25) is 0 Å². The van der Waals surface area contributed by atoms with Crippen LogP contribution in [0, 0.1) is 5.82 Å². The van der Waals surface area contributed by atoms with Crippen molar-refractivity contribution in [3.63, 3.8) is 0 Å². The van der Waals surface area contributed by atoms with E-state index in [0.29, 0.717) is 6.42 Å². The molecule has 4 nitrogen and oxygen atoms in total. The van der Waals surface area contributed by atoms with Crippen LogP contribution < -0.4 is 5.32 Å². The zero-order valence-electron chi connectivity index (χ0n) is 10.7. The van der Waals surface area contributed by atoms with E-state index in [1.54, 1.807) is 12.3 Å². The smallest absolute Gasteiger partial charge is 0.142 e. The summed E-state index contributed by atoms with van der Waals surface area (Å²) < 4.78 is 13.4. The van der Waals surface area contributed by atoms with Crippen LogP contribution >= 0.6 is 11.6 Å². The topological polar surface area (TPSA) is 53.6 Å². The van der Waals surface area contributed by atoms with E-state index >= 15 is 0 Å². The van der Waals surface area contributed by atoms with Crippen LogP contribution in [-0.2, 0) is 6.42 Å². The number of nitrogens with zero attached hydrogens (tertiary/aromatic N) is 2. The molecule has 0 aliphatic carbocycles. The van der Waals surface area contributed by atoms with Crippen molar-refractivity contribution in [3.05, 3.63) is 46.5 Å². The zero-order chi connectivity index (χ0) is 13.7. The van der Waals surface area contributed by atoms with Gasteiger partial charge >= 0.3 is 0 Å². The quantitative estimate of drug-likeness (QED) is 0.856. The third kappa shape index (κ3) is 3.75. The maximum absolute atomic E-state index is 13.4. The Morgan fingerprint density at radius 3 is 2.95 bits per heavy atom. The molecule has 19 heavy (non-hydrogen) atoms. The summed E-state index contributed by atoms with van der Waals surface area (Å²) in [7, 11) is 0. The first-order chi connectivity index (χ1) is 9.20. The van der Waals surface area contributed by atoms with Gasteiger partial charge < -0.3 is 5.32 Å². The molecule has 1 aromatic heterocycles. The minimum absolute atomic E-state index is 0.0132. The summed E-state index contributed by atoms with van der Waals surface area (Å²) in [5.74, 6) is -0.395. The predicted molar refractivity (Wildman–Crippen MR) is 72.5 cm³/mol. The molecule has 102 valence electrons. The fourth-order valence-corrected chi connectivity index (χ4v) is 2.00. The maximum atomic E-state index is 13.4. The number of aromatic amines is 1. The maximum Gasteiger partial charge on any atom is 0.142 e. The van der Waals surface area contributed by atoms with Crippen LogP contribution in [0.15, 0.2) is 24.4 Å². The summed E-state index contributed by atoms with van der Waals surface area (Å²) in [6.45, 7) is 2.96. The highest BCUT2D eigenvalue weighted by Crippen LogP contribution is 2.20. The molecule has 0 aliphatic rings. The van der Waals surface area contributed by atoms with E-state index in [4.69, 9.17) is 11.6 Å². The van der Waals surface area contributed by atoms with Gasteiger partial charge in [0, 0.05) is 0 Å². The van der Waals surface area contributed by atoms with Crippen LogP contribution in [0.2, 0.25) is 5.02 Å². The Balaban J connectivity index is 2.13. The van der Waals surface area contributed by atoms with Crippen molar-refractivity contribution in [3.8, 4) is 0 Å². The van der Waals surface area contributed by atoms with Gasteiger partial charge in [0.05, 0.1) is 23.0 Å². The molecule has 0 saturated carbocycles. The van der Waals surface area contributed by atoms with Crippen LogP contribution in [0.3, 0.4) is 0 Å². The number of hydrogen-bond acceptors (Lipinski definition) is 3. The minimum atomic E-state index is -0.395. The molecule has 0 saturated heterocycles. The summed E-state index contributed by atoms with van der Waals surface area (Å²) in [6.07, 6.45) is 3.34. The lowest BCUT2D eigenvalue weighted by molar-refractivity contribution is 0.515. The lowest BCUT2D eigenvalue weighted by Gasteiger charge is -2.16. The van der Waals surface area contributed by atoms with Crippen LogP contribution in [0.4, 0.5) is 4.39 Å². The molecule has 1 aromatic carbocycles. The van der Waals surface area contributed by atoms with E-state index in [9.17, 15) is 4.39 Å². The van der Waals surface area contributed by atoms with Crippen molar-refractivity contribution < 1.29 is 4.39 Å². The first-order valence-electron chi connectivity index (χ1n) is 6.23. The van der Waals surface area contributed by atoms with Gasteiger partial charge in [0.15, 0.2) is 0 Å². The van der Waals surface area contributed by atoms with Crippen molar-refractivity contribution in [2.75, 3.05) is 6.54 Å². The lowest BCUT2D eigenvalue weighted by atomic mass is 10.0. The Kier molecular flexibility index (Phi) is 4.87. The molecule has 1 heterocycles. The summed E-state index contributed by atoms with van der Waals surface area (Å²) >= 11 is 5.68. The second-order valence-corrected chi connectivity index (χ2v) is 4.76. The monoisotopic (exact) mass is 282 g/mol. The van der Waals surface area contributed by atoms with Crippen LogP contribution in [0.1, 0.15) is 30.6 Å². The Morgan fingerprint density at radius 1 is 1.47 bits per heavy atom. The molecule has 0 amide bonds. The van der Waals surface area contributed by atoms with Gasteiger partial charge in [-0.25, -0.2) is 4.39 Å². The molecule has 0 fully saturated rings. The molecule has 0 spiro atoms. The largest absolute Gasteiger partial charge is 0.308 e. The third-order valence-corrected chi connectivity index (χ3v) is 3.16. The number of aromatic nitrogens is 3. The first-order valence-corrected chi connectivity index (χ1v) is 6.61. The standard InChI is InChI=1S/C13H16ClFN4/c1-2-5-16-12(13-8-17-19-18-13)7-9-3-4-10(14)11(15)6-9/h3-4,6,8,12,16H,2,5,7H2,1H3,(H,17,18,19). The SMILES string of the molecule is CCCNC(Cc1ccc(Cl)c(F)c1)c1cn[nH]n1. The number of rotatable bonds is 6. The fourth-order valence-electron chi connectivity index (χ4n) is 1.88. The van der Waals surface area contributed by atoms with E-state index in [1.807, 2.05) is 6.07 Å². The average Bonchev–Trinajstić information content (AvgIpc) is 2.92. The van der Waals surface area contributed by atoms with Gasteiger partial charge in [-0.15, -0.1) is 0 Å². The number of nitrogens with one attached hydrogen (secondary N) is 2. The van der Waals surface area contributed by atoms with Crippen LogP contribution in [0.5, 0.6) is 0 Å². The normalized spacial score (nSPS) is 12.6. The number of halogens is 2. The molecule has 1 unspecified atom stereocenters. The van der Waals surface area contributed by atoms with Crippen LogP contribution in [0.25, 0.3) is 0 Å². The van der Waals surface area contributed by atoms with Gasteiger partial charge in [0.25, 0.3) is 0 Å². The predicted octanol–water partition coefficient (Wildman–Crippen LogP) is 2.88. The van der Waals surface area contributed by atoms with Gasteiger partial charge in [-0.2, -0.15) is 15.4 Å². The molecule has 2 rings (SSSR count).